The van der Waals surface area contributed by atoms with Crippen LogP contribution in [-0.4, -0.2) is 23.2 Å². The van der Waals surface area contributed by atoms with Crippen molar-refractivity contribution in [1.82, 2.24) is 0 Å². The molecule has 0 aliphatic carbocycles. The molecule has 0 bridgehead atoms. The molecule has 0 aromatic heterocycles. The van der Waals surface area contributed by atoms with Crippen LogP contribution in [0.5, 0.6) is 0 Å². The molecule has 0 rings (SSSR count). The molecule has 0 fully saturated rings. The average Bonchev–Trinajstić information content (AvgIpc) is 1.30. The van der Waals surface area contributed by atoms with Gasteiger partial charge in [0.1, 0.15) is 6.35 Å². The Labute approximate surface area is 48.6 Å². The fourth-order valence-electron chi connectivity index (χ4n) is 0.168. The molecule has 5 heteroatoms. The molecule has 0 spiro atoms. The van der Waals surface area contributed by atoms with Crippen LogP contribution in [0.1, 0.15) is 7.43 Å². The minimum Gasteiger partial charge on any atom is -0.372 e. The number of hydrogen-bond donors (Lipinski definition) is 2. The summed E-state index contributed by atoms with van der Waals surface area (Å²) >= 11 is 0. The molecular formula is C3H11O4P. The van der Waals surface area contributed by atoms with Gasteiger partial charge in [0.05, 0.1) is 0 Å². The predicted molar refractivity (Wildman–Crippen MR) is 30.7 cm³/mol. The Morgan fingerprint density at radius 3 is 2.00 bits per heavy atom. The van der Waals surface area contributed by atoms with Crippen LogP contribution < -0.4 is 0 Å². The van der Waals surface area contributed by atoms with Crippen LogP contribution >= 0.6 is 7.60 Å². The third-order valence-electron chi connectivity index (χ3n) is 0.297. The molecule has 0 heterocycles. The zero-order valence-corrected chi connectivity index (χ0v) is 4.76. The van der Waals surface area contributed by atoms with Crippen LogP contribution in [0.25, 0.3) is 0 Å². The Hall–Kier alpha value is 0.110. The van der Waals surface area contributed by atoms with E-state index in [2.05, 4.69) is 4.74 Å². The van der Waals surface area contributed by atoms with Crippen LogP contribution in [0.15, 0.2) is 0 Å². The summed E-state index contributed by atoms with van der Waals surface area (Å²) in [5, 5.41) is 0. The van der Waals surface area contributed by atoms with Crippen LogP contribution in [0, 0.1) is 0 Å². The van der Waals surface area contributed by atoms with Gasteiger partial charge in [-0.2, -0.15) is 0 Å². The summed E-state index contributed by atoms with van der Waals surface area (Å²) in [6, 6.07) is 0. The first-order valence-corrected chi connectivity index (χ1v) is 3.39. The topological polar surface area (TPSA) is 66.8 Å². The molecule has 0 aromatic carbocycles. The van der Waals surface area contributed by atoms with Gasteiger partial charge in [-0.25, -0.2) is 0 Å². The maximum absolute atomic E-state index is 9.80. The number of rotatable bonds is 2. The van der Waals surface area contributed by atoms with E-state index < -0.39 is 13.9 Å². The molecule has 0 aromatic rings. The first-order chi connectivity index (χ1) is 3.06. The predicted octanol–water partition coefficient (Wildman–Crippen LogP) is 0.404. The van der Waals surface area contributed by atoms with Gasteiger partial charge >= 0.3 is 7.60 Å². The molecule has 0 aliphatic heterocycles. The van der Waals surface area contributed by atoms with Crippen LogP contribution in [0.2, 0.25) is 0 Å². The SMILES string of the molecule is C.COCP(=O)(O)O. The highest BCUT2D eigenvalue weighted by molar-refractivity contribution is 7.51. The monoisotopic (exact) mass is 142 g/mol. The van der Waals surface area contributed by atoms with Gasteiger partial charge in [0.15, 0.2) is 0 Å². The fraction of sp³-hybridized carbons (Fsp3) is 1.00. The second-order valence-corrected chi connectivity index (χ2v) is 2.67. The molecular weight excluding hydrogens is 131 g/mol. The van der Waals surface area contributed by atoms with Crippen LogP contribution in [-0.2, 0) is 9.30 Å². The summed E-state index contributed by atoms with van der Waals surface area (Å²) in [4.78, 5) is 16.0. The van der Waals surface area contributed by atoms with Gasteiger partial charge in [-0.05, 0) is 0 Å². The normalized spacial score (nSPS) is 10.4. The quantitative estimate of drug-likeness (QED) is 0.548. The smallest absolute Gasteiger partial charge is 0.350 e. The lowest BCUT2D eigenvalue weighted by atomic mass is 11.5. The van der Waals surface area contributed by atoms with Gasteiger partial charge in [0.2, 0.25) is 0 Å². The zero-order valence-electron chi connectivity index (χ0n) is 3.87. The summed E-state index contributed by atoms with van der Waals surface area (Å²) in [5.41, 5.74) is 0. The van der Waals surface area contributed by atoms with E-state index in [0.717, 1.165) is 0 Å². The van der Waals surface area contributed by atoms with E-state index in [1.807, 2.05) is 0 Å². The van der Waals surface area contributed by atoms with Crippen molar-refractivity contribution >= 4 is 7.60 Å². The van der Waals surface area contributed by atoms with Crippen molar-refractivity contribution in [2.45, 2.75) is 7.43 Å². The van der Waals surface area contributed by atoms with Gasteiger partial charge in [-0.3, -0.25) is 4.57 Å². The van der Waals surface area contributed by atoms with Crippen LogP contribution in [0.4, 0.5) is 0 Å². The zero-order chi connectivity index (χ0) is 5.91. The summed E-state index contributed by atoms with van der Waals surface area (Å²) in [6.07, 6.45) is -0.493. The molecule has 2 N–H and O–H groups in total. The van der Waals surface area contributed by atoms with Crippen molar-refractivity contribution in [1.29, 1.82) is 0 Å². The van der Waals surface area contributed by atoms with Crippen molar-refractivity contribution in [3.8, 4) is 0 Å². The standard InChI is InChI=1S/C2H7O4P.CH4/c1-6-2-7(3,4)5;/h2H2,1H3,(H2,3,4,5);1H4. The Bertz CT molecular complexity index is 85.3. The number of ether oxygens (including phenoxy) is 1. The van der Waals surface area contributed by atoms with E-state index in [4.69, 9.17) is 9.79 Å². The van der Waals surface area contributed by atoms with Gasteiger partial charge in [0.25, 0.3) is 0 Å². The summed E-state index contributed by atoms with van der Waals surface area (Å²) < 4.78 is 13.9. The average molecular weight is 142 g/mol. The van der Waals surface area contributed by atoms with Crippen molar-refractivity contribution in [2.75, 3.05) is 13.5 Å². The first kappa shape index (κ1) is 11.0. The molecule has 0 saturated heterocycles. The molecule has 0 unspecified atom stereocenters. The second kappa shape index (κ2) is 4.04. The molecule has 8 heavy (non-hydrogen) atoms. The Kier molecular flexibility index (Phi) is 5.54. The van der Waals surface area contributed by atoms with Crippen molar-refractivity contribution < 1.29 is 19.1 Å². The maximum Gasteiger partial charge on any atom is 0.350 e. The third kappa shape index (κ3) is 9.44. The fourth-order valence-corrected chi connectivity index (χ4v) is 0.505. The van der Waals surface area contributed by atoms with Gasteiger partial charge in [0, 0.05) is 7.11 Å². The highest BCUT2D eigenvalue weighted by Crippen LogP contribution is 2.33. The lowest BCUT2D eigenvalue weighted by Crippen LogP contribution is -1.87. The highest BCUT2D eigenvalue weighted by atomic mass is 31.2. The molecule has 52 valence electrons. The van der Waals surface area contributed by atoms with Gasteiger partial charge in [-0.1, -0.05) is 7.43 Å². The van der Waals surface area contributed by atoms with Crippen LogP contribution in [0.3, 0.4) is 0 Å². The minimum atomic E-state index is -3.89. The summed E-state index contributed by atoms with van der Waals surface area (Å²) in [5.74, 6) is 0. The molecule has 4 nitrogen and oxygen atoms in total. The van der Waals surface area contributed by atoms with E-state index in [0.29, 0.717) is 0 Å². The van der Waals surface area contributed by atoms with E-state index in [1.54, 1.807) is 0 Å². The molecule has 0 aliphatic rings. The van der Waals surface area contributed by atoms with E-state index in [-0.39, 0.29) is 7.43 Å². The Morgan fingerprint density at radius 2 is 2.00 bits per heavy atom. The van der Waals surface area contributed by atoms with Crippen molar-refractivity contribution in [3.63, 3.8) is 0 Å². The largest absolute Gasteiger partial charge is 0.372 e. The molecule has 0 atom stereocenters. The van der Waals surface area contributed by atoms with Gasteiger partial charge in [-0.15, -0.1) is 0 Å². The van der Waals surface area contributed by atoms with Crippen molar-refractivity contribution in [3.05, 3.63) is 0 Å². The lowest BCUT2D eigenvalue weighted by Gasteiger charge is -1.97. The molecule has 0 amide bonds. The van der Waals surface area contributed by atoms with Crippen molar-refractivity contribution in [2.24, 2.45) is 0 Å². The Morgan fingerprint density at radius 1 is 1.62 bits per heavy atom. The first-order valence-electron chi connectivity index (χ1n) is 1.60. The summed E-state index contributed by atoms with van der Waals surface area (Å²) in [6.45, 7) is 0. The summed E-state index contributed by atoms with van der Waals surface area (Å²) in [7, 11) is -2.65. The van der Waals surface area contributed by atoms with E-state index in [1.165, 1.54) is 7.11 Å². The van der Waals surface area contributed by atoms with Gasteiger partial charge < -0.3 is 14.5 Å². The molecule has 0 saturated carbocycles. The maximum atomic E-state index is 9.80. The third-order valence-corrected chi connectivity index (χ3v) is 0.892. The second-order valence-electron chi connectivity index (χ2n) is 1.08. The lowest BCUT2D eigenvalue weighted by molar-refractivity contribution is 0.217. The van der Waals surface area contributed by atoms with E-state index in [9.17, 15) is 4.57 Å². The number of methoxy groups -OCH3 is 1. The van der Waals surface area contributed by atoms with E-state index >= 15 is 0 Å². The highest BCUT2D eigenvalue weighted by Gasteiger charge is 2.09. The molecule has 0 radical (unpaired) electrons. The number of hydrogen-bond acceptors (Lipinski definition) is 2. The Balaban J connectivity index is 0. The minimum absolute atomic E-state index is 0.